The highest BCUT2D eigenvalue weighted by atomic mass is 32.2. The summed E-state index contributed by atoms with van der Waals surface area (Å²) in [5, 5.41) is 7.81. The molecule has 1 heterocycles. The zero-order valence-corrected chi connectivity index (χ0v) is 18.4. The number of ether oxygens (including phenoxy) is 1. The topological polar surface area (TPSA) is 145 Å². The van der Waals surface area contributed by atoms with Crippen molar-refractivity contribution in [3.63, 3.8) is 0 Å². The molecular formula is C20H25N3O6S2. The number of primary sulfonamides is 1. The molecule has 1 aliphatic heterocycles. The third kappa shape index (κ3) is 6.58. The molecule has 0 bridgehead atoms. The van der Waals surface area contributed by atoms with E-state index in [0.717, 1.165) is 18.4 Å². The van der Waals surface area contributed by atoms with Crippen LogP contribution in [0, 0.1) is 0 Å². The molecular weight excluding hydrogens is 442 g/mol. The van der Waals surface area contributed by atoms with Crippen molar-refractivity contribution in [2.24, 2.45) is 5.14 Å². The Labute approximate surface area is 182 Å². The normalized spacial score (nSPS) is 16.9. The van der Waals surface area contributed by atoms with E-state index in [-0.39, 0.29) is 28.3 Å². The van der Waals surface area contributed by atoms with Crippen LogP contribution in [0.1, 0.15) is 28.8 Å². The lowest BCUT2D eigenvalue weighted by Gasteiger charge is -2.12. The minimum absolute atomic E-state index is 0.0283. The Balaban J connectivity index is 1.50. The molecule has 11 heteroatoms. The first-order valence-electron chi connectivity index (χ1n) is 9.76. The van der Waals surface area contributed by atoms with Gasteiger partial charge >= 0.3 is 0 Å². The molecule has 0 radical (unpaired) electrons. The van der Waals surface area contributed by atoms with Crippen molar-refractivity contribution in [1.82, 2.24) is 10.0 Å². The lowest BCUT2D eigenvalue weighted by molar-refractivity contribution is 0.0954. The number of carbonyl (C=O) groups is 1. The van der Waals surface area contributed by atoms with Gasteiger partial charge in [0, 0.05) is 25.3 Å². The predicted molar refractivity (Wildman–Crippen MR) is 114 cm³/mol. The molecule has 3 rings (SSSR count). The molecule has 1 aliphatic rings. The van der Waals surface area contributed by atoms with Crippen molar-refractivity contribution in [2.75, 3.05) is 19.7 Å². The van der Waals surface area contributed by atoms with Crippen LogP contribution in [0.25, 0.3) is 0 Å². The minimum Gasteiger partial charge on any atom is -0.377 e. The molecule has 0 aromatic heterocycles. The quantitative estimate of drug-likeness (QED) is 0.497. The van der Waals surface area contributed by atoms with Gasteiger partial charge in [0.2, 0.25) is 20.0 Å². The summed E-state index contributed by atoms with van der Waals surface area (Å²) >= 11 is 0. The van der Waals surface area contributed by atoms with E-state index in [1.54, 1.807) is 12.1 Å². The average molecular weight is 468 g/mol. The molecule has 2 aromatic rings. The Hall–Kier alpha value is -2.31. The molecule has 0 unspecified atom stereocenters. The maximum absolute atomic E-state index is 12.4. The lowest BCUT2D eigenvalue weighted by atomic mass is 10.1. The number of hydrogen-bond donors (Lipinski definition) is 3. The van der Waals surface area contributed by atoms with Crippen LogP contribution < -0.4 is 15.2 Å². The maximum Gasteiger partial charge on any atom is 0.251 e. The average Bonchev–Trinajstić information content (AvgIpc) is 3.26. The van der Waals surface area contributed by atoms with Gasteiger partial charge in [0.15, 0.2) is 0 Å². The zero-order chi connectivity index (χ0) is 22.5. The number of carbonyl (C=O) groups excluding carboxylic acids is 1. The highest BCUT2D eigenvalue weighted by Crippen LogP contribution is 2.14. The summed E-state index contributed by atoms with van der Waals surface area (Å²) < 4.78 is 55.2. The predicted octanol–water partition coefficient (Wildman–Crippen LogP) is 0.764. The van der Waals surface area contributed by atoms with Crippen LogP contribution in [0.2, 0.25) is 0 Å². The van der Waals surface area contributed by atoms with Gasteiger partial charge in [0.05, 0.1) is 15.9 Å². The Morgan fingerprint density at radius 1 is 1.00 bits per heavy atom. The highest BCUT2D eigenvalue weighted by molar-refractivity contribution is 7.89. The maximum atomic E-state index is 12.4. The molecule has 9 nitrogen and oxygen atoms in total. The molecule has 0 saturated carbocycles. The molecule has 1 saturated heterocycles. The van der Waals surface area contributed by atoms with Crippen molar-refractivity contribution in [1.29, 1.82) is 0 Å². The first-order valence-corrected chi connectivity index (χ1v) is 12.8. The molecule has 168 valence electrons. The summed E-state index contributed by atoms with van der Waals surface area (Å²) in [4.78, 5) is 12.4. The fourth-order valence-corrected chi connectivity index (χ4v) is 4.73. The molecule has 0 aliphatic carbocycles. The number of nitrogens with one attached hydrogen (secondary N) is 2. The van der Waals surface area contributed by atoms with Gasteiger partial charge in [-0.25, -0.2) is 26.7 Å². The fourth-order valence-electron chi connectivity index (χ4n) is 3.15. The van der Waals surface area contributed by atoms with E-state index in [1.165, 1.54) is 36.4 Å². The molecule has 4 N–H and O–H groups in total. The third-order valence-electron chi connectivity index (χ3n) is 4.90. The number of sulfonamides is 2. The summed E-state index contributed by atoms with van der Waals surface area (Å²) in [5.74, 6) is -0.336. The Kier molecular flexibility index (Phi) is 7.44. The van der Waals surface area contributed by atoms with E-state index in [9.17, 15) is 21.6 Å². The largest absolute Gasteiger partial charge is 0.377 e. The van der Waals surface area contributed by atoms with Gasteiger partial charge in [-0.3, -0.25) is 4.79 Å². The monoisotopic (exact) mass is 467 g/mol. The van der Waals surface area contributed by atoms with Gasteiger partial charge in [-0.1, -0.05) is 12.1 Å². The Bertz CT molecular complexity index is 1110. The van der Waals surface area contributed by atoms with Crippen molar-refractivity contribution in [3.8, 4) is 0 Å². The van der Waals surface area contributed by atoms with Crippen molar-refractivity contribution < 1.29 is 26.4 Å². The van der Waals surface area contributed by atoms with Crippen LogP contribution in [-0.4, -0.2) is 48.5 Å². The summed E-state index contributed by atoms with van der Waals surface area (Å²) in [6, 6.07) is 11.8. The van der Waals surface area contributed by atoms with Crippen LogP contribution in [0.15, 0.2) is 58.3 Å². The SMILES string of the molecule is NS(=O)(=O)c1ccc(CCNC(=O)c2ccc(S(=O)(=O)NC[C@@H]3CCCO3)cc2)cc1. The molecule has 1 amide bonds. The van der Waals surface area contributed by atoms with Crippen LogP contribution in [0.4, 0.5) is 0 Å². The van der Waals surface area contributed by atoms with E-state index in [1.807, 2.05) is 0 Å². The van der Waals surface area contributed by atoms with Crippen LogP contribution in [0.5, 0.6) is 0 Å². The number of hydrogen-bond acceptors (Lipinski definition) is 6. The van der Waals surface area contributed by atoms with Gasteiger partial charge in [-0.15, -0.1) is 0 Å². The Morgan fingerprint density at radius 3 is 2.23 bits per heavy atom. The van der Waals surface area contributed by atoms with Crippen LogP contribution in [0.3, 0.4) is 0 Å². The number of amides is 1. The van der Waals surface area contributed by atoms with Crippen LogP contribution >= 0.6 is 0 Å². The molecule has 31 heavy (non-hydrogen) atoms. The molecule has 2 aromatic carbocycles. The summed E-state index contributed by atoms with van der Waals surface area (Å²) in [6.07, 6.45) is 2.15. The highest BCUT2D eigenvalue weighted by Gasteiger charge is 2.20. The van der Waals surface area contributed by atoms with Crippen molar-refractivity contribution in [2.45, 2.75) is 35.2 Å². The first-order chi connectivity index (χ1) is 14.6. The van der Waals surface area contributed by atoms with E-state index in [0.29, 0.717) is 25.1 Å². The van der Waals surface area contributed by atoms with Gasteiger partial charge in [0.25, 0.3) is 5.91 Å². The smallest absolute Gasteiger partial charge is 0.251 e. The third-order valence-corrected chi connectivity index (χ3v) is 7.27. The Morgan fingerprint density at radius 2 is 1.65 bits per heavy atom. The second-order valence-corrected chi connectivity index (χ2v) is 10.5. The molecule has 1 fully saturated rings. The van der Waals surface area contributed by atoms with E-state index in [4.69, 9.17) is 9.88 Å². The zero-order valence-electron chi connectivity index (χ0n) is 16.8. The van der Waals surface area contributed by atoms with E-state index >= 15 is 0 Å². The lowest BCUT2D eigenvalue weighted by Crippen LogP contribution is -2.32. The van der Waals surface area contributed by atoms with Gasteiger partial charge in [0.1, 0.15) is 0 Å². The standard InChI is InChI=1S/C20H25N3O6S2/c21-30(25,26)18-7-3-15(4-8-18)11-12-22-20(24)16-5-9-19(10-6-16)31(27,28)23-14-17-2-1-13-29-17/h3-10,17,23H,1-2,11-14H2,(H,22,24)(H2,21,25,26)/t17-/m0/s1. The fraction of sp³-hybridized carbons (Fsp3) is 0.350. The number of nitrogens with two attached hydrogens (primary N) is 1. The summed E-state index contributed by atoms with van der Waals surface area (Å²) in [6.45, 7) is 1.20. The summed E-state index contributed by atoms with van der Waals surface area (Å²) in [5.41, 5.74) is 1.18. The van der Waals surface area contributed by atoms with E-state index in [2.05, 4.69) is 10.0 Å². The summed E-state index contributed by atoms with van der Waals surface area (Å²) in [7, 11) is -7.41. The second kappa shape index (κ2) is 9.88. The van der Waals surface area contributed by atoms with Gasteiger partial charge in [-0.2, -0.15) is 0 Å². The first kappa shape index (κ1) is 23.4. The van der Waals surface area contributed by atoms with Gasteiger partial charge in [-0.05, 0) is 61.2 Å². The number of rotatable bonds is 9. The van der Waals surface area contributed by atoms with Crippen molar-refractivity contribution in [3.05, 3.63) is 59.7 Å². The van der Waals surface area contributed by atoms with E-state index < -0.39 is 20.0 Å². The minimum atomic E-state index is -3.74. The molecule has 1 atom stereocenters. The van der Waals surface area contributed by atoms with Crippen LogP contribution in [-0.2, 0) is 31.2 Å². The number of benzene rings is 2. The van der Waals surface area contributed by atoms with Crippen molar-refractivity contribution >= 4 is 26.0 Å². The molecule has 0 spiro atoms. The second-order valence-electron chi connectivity index (χ2n) is 7.21. The van der Waals surface area contributed by atoms with Gasteiger partial charge < -0.3 is 10.1 Å².